The number of hydrogen-bond donors (Lipinski definition) is 3. The Bertz CT molecular complexity index is 1780. The van der Waals surface area contributed by atoms with E-state index in [9.17, 15) is 9.90 Å². The molecule has 49 heavy (non-hydrogen) atoms. The number of aliphatic hydroxyl groups is 1. The summed E-state index contributed by atoms with van der Waals surface area (Å²) in [6.45, 7) is 9.37. The molecular formula is C39H49N7O3. The van der Waals surface area contributed by atoms with Crippen LogP contribution in [-0.2, 0) is 23.8 Å². The summed E-state index contributed by atoms with van der Waals surface area (Å²) < 4.78 is 8.11. The van der Waals surface area contributed by atoms with Crippen LogP contribution in [0.5, 0.6) is 0 Å². The predicted octanol–water partition coefficient (Wildman–Crippen LogP) is 5.15. The third-order valence-corrected chi connectivity index (χ3v) is 10.7. The van der Waals surface area contributed by atoms with Crippen LogP contribution >= 0.6 is 0 Å². The van der Waals surface area contributed by atoms with E-state index in [1.54, 1.807) is 23.1 Å². The normalized spacial score (nSPS) is 20.9. The van der Waals surface area contributed by atoms with Gasteiger partial charge in [0.05, 0.1) is 37.1 Å². The Balaban J connectivity index is 0.968. The number of rotatable bonds is 10. The van der Waals surface area contributed by atoms with E-state index in [4.69, 9.17) is 10.5 Å². The Morgan fingerprint density at radius 1 is 1.00 bits per heavy atom. The number of likely N-dealkylation sites (tertiary alicyclic amines) is 1. The first kappa shape index (κ1) is 33.3. The molecule has 0 bridgehead atoms. The topological polar surface area (TPSA) is 122 Å². The number of nitrogen functional groups attached to an aromatic ring is 1. The lowest BCUT2D eigenvalue weighted by Gasteiger charge is -2.38. The Kier molecular flexibility index (Phi) is 9.46. The lowest BCUT2D eigenvalue weighted by molar-refractivity contribution is 0.0272. The zero-order valence-corrected chi connectivity index (χ0v) is 28.9. The van der Waals surface area contributed by atoms with Gasteiger partial charge in [0.15, 0.2) is 0 Å². The number of nitrogens with two attached hydrogens (primary N) is 1. The lowest BCUT2D eigenvalue weighted by atomic mass is 9.85. The Morgan fingerprint density at radius 2 is 1.78 bits per heavy atom. The summed E-state index contributed by atoms with van der Waals surface area (Å²) in [6.07, 6.45) is 10.3. The number of carbonyl (C=O) groups is 1. The number of β-amino-alcohol motifs (C(OH)–C–C–N with tert-alkyl or cyclic N) is 1. The van der Waals surface area contributed by atoms with Crippen LogP contribution in [0, 0.1) is 0 Å². The highest BCUT2D eigenvalue weighted by Crippen LogP contribution is 2.44. The van der Waals surface area contributed by atoms with Crippen LogP contribution in [0.25, 0.3) is 22.3 Å². The minimum Gasteiger partial charge on any atom is -0.395 e. The molecule has 2 atom stereocenters. The standard InChI is InChI=1S/C39H49N7O3/c1-39(2)25-46(31-13-15-45(16-14-31)17-18-47)35-12-11-28(20-33(35)39)27-9-7-26(8-10-27)24-49-36-6-4-5-34(36)43-38(48)32-19-29(21-41-37(32)40)30-22-42-44(3)23-30/h7-12,19-23,31,34,36,47H,4-6,13-18,24-25H2,1-3H3,(H2,40,41)(H,43,48)/t34-,36-/m0/s1. The molecule has 1 aliphatic carbocycles. The summed E-state index contributed by atoms with van der Waals surface area (Å²) in [5, 5.41) is 16.7. The number of anilines is 2. The van der Waals surface area contributed by atoms with E-state index in [1.807, 2.05) is 13.2 Å². The van der Waals surface area contributed by atoms with Crippen molar-refractivity contribution in [1.82, 2.24) is 25.0 Å². The SMILES string of the molecule is Cn1cc(-c2cnc(N)c(C(=O)N[C@H]3CCC[C@@H]3OCc3ccc(-c4ccc5c(c4)C(C)(C)CN5C4CCN(CCO)CC4)cc3)c2)cn1. The molecule has 1 amide bonds. The Hall–Kier alpha value is -4.25. The molecule has 4 aromatic rings. The summed E-state index contributed by atoms with van der Waals surface area (Å²) in [6, 6.07) is 17.9. The Morgan fingerprint density at radius 3 is 2.51 bits per heavy atom. The van der Waals surface area contributed by atoms with Crippen molar-refractivity contribution in [2.75, 3.05) is 43.4 Å². The van der Waals surface area contributed by atoms with Crippen LogP contribution in [0.4, 0.5) is 11.5 Å². The lowest BCUT2D eigenvalue weighted by Crippen LogP contribution is -2.46. The first-order valence-electron chi connectivity index (χ1n) is 17.7. The molecule has 2 aromatic heterocycles. The van der Waals surface area contributed by atoms with Crippen molar-refractivity contribution in [2.45, 2.75) is 76.2 Å². The second-order valence-corrected chi connectivity index (χ2v) is 14.7. The van der Waals surface area contributed by atoms with Gasteiger partial charge in [0.2, 0.25) is 0 Å². The number of aromatic nitrogens is 3. The Labute approximate surface area is 289 Å². The number of nitrogens with one attached hydrogen (secondary N) is 1. The van der Waals surface area contributed by atoms with Gasteiger partial charge in [-0.1, -0.05) is 44.2 Å². The molecule has 0 spiro atoms. The van der Waals surface area contributed by atoms with Gasteiger partial charge in [-0.2, -0.15) is 5.10 Å². The summed E-state index contributed by atoms with van der Waals surface area (Å²) >= 11 is 0. The highest BCUT2D eigenvalue weighted by Gasteiger charge is 2.39. The van der Waals surface area contributed by atoms with Crippen LogP contribution in [0.3, 0.4) is 0 Å². The van der Waals surface area contributed by atoms with E-state index in [0.29, 0.717) is 18.2 Å². The number of piperidine rings is 1. The van der Waals surface area contributed by atoms with Gasteiger partial charge in [0.1, 0.15) is 5.82 Å². The number of aliphatic hydroxyl groups excluding tert-OH is 1. The number of benzene rings is 2. The van der Waals surface area contributed by atoms with Crippen LogP contribution in [0.15, 0.2) is 67.1 Å². The fourth-order valence-corrected chi connectivity index (χ4v) is 7.94. The second-order valence-electron chi connectivity index (χ2n) is 14.7. The van der Waals surface area contributed by atoms with Gasteiger partial charge in [0, 0.05) is 73.9 Å². The van der Waals surface area contributed by atoms with Crippen LogP contribution in [-0.4, -0.2) is 81.7 Å². The average molecular weight is 664 g/mol. The first-order chi connectivity index (χ1) is 23.7. The van der Waals surface area contributed by atoms with Crippen LogP contribution in [0.2, 0.25) is 0 Å². The van der Waals surface area contributed by atoms with Crippen molar-refractivity contribution in [3.8, 4) is 22.3 Å². The molecule has 1 saturated heterocycles. The quantitative estimate of drug-likeness (QED) is 0.213. The van der Waals surface area contributed by atoms with Crippen molar-refractivity contribution in [1.29, 1.82) is 0 Å². The molecule has 0 unspecified atom stereocenters. The zero-order valence-electron chi connectivity index (χ0n) is 28.9. The number of fused-ring (bicyclic) bond motifs is 1. The van der Waals surface area contributed by atoms with Crippen molar-refractivity contribution >= 4 is 17.4 Å². The monoisotopic (exact) mass is 663 g/mol. The maximum Gasteiger partial charge on any atom is 0.255 e. The molecule has 2 fully saturated rings. The third-order valence-electron chi connectivity index (χ3n) is 10.7. The smallest absolute Gasteiger partial charge is 0.255 e. The van der Waals surface area contributed by atoms with Crippen molar-refractivity contribution in [2.24, 2.45) is 7.05 Å². The molecular weight excluding hydrogens is 614 g/mol. The zero-order chi connectivity index (χ0) is 34.1. The number of aryl methyl sites for hydroxylation is 1. The average Bonchev–Trinajstić information content (AvgIpc) is 3.81. The van der Waals surface area contributed by atoms with Gasteiger partial charge < -0.3 is 30.7 Å². The van der Waals surface area contributed by atoms with E-state index in [0.717, 1.165) is 75.0 Å². The fourth-order valence-electron chi connectivity index (χ4n) is 7.94. The largest absolute Gasteiger partial charge is 0.395 e. The molecule has 1 saturated carbocycles. The minimum absolute atomic E-state index is 0.0666. The van der Waals surface area contributed by atoms with E-state index in [1.165, 1.54) is 22.4 Å². The van der Waals surface area contributed by atoms with Gasteiger partial charge in [-0.3, -0.25) is 9.48 Å². The second kappa shape index (κ2) is 13.9. The molecule has 3 aliphatic rings. The van der Waals surface area contributed by atoms with Crippen LogP contribution < -0.4 is 16.0 Å². The number of hydrogen-bond acceptors (Lipinski definition) is 8. The summed E-state index contributed by atoms with van der Waals surface area (Å²) in [7, 11) is 1.85. The number of carbonyl (C=O) groups excluding carboxylic acids is 1. The van der Waals surface area contributed by atoms with Gasteiger partial charge in [0.25, 0.3) is 5.91 Å². The summed E-state index contributed by atoms with van der Waals surface area (Å²) in [5.41, 5.74) is 14.6. The van der Waals surface area contributed by atoms with E-state index in [-0.39, 0.29) is 35.9 Å². The summed E-state index contributed by atoms with van der Waals surface area (Å²) in [4.78, 5) is 22.6. The molecule has 7 rings (SSSR count). The molecule has 0 radical (unpaired) electrons. The van der Waals surface area contributed by atoms with Gasteiger partial charge in [-0.25, -0.2) is 4.98 Å². The molecule has 10 nitrogen and oxygen atoms in total. The number of pyridine rings is 1. The highest BCUT2D eigenvalue weighted by molar-refractivity contribution is 5.99. The molecule has 4 heterocycles. The van der Waals surface area contributed by atoms with E-state index in [2.05, 4.69) is 81.5 Å². The van der Waals surface area contributed by atoms with Gasteiger partial charge >= 0.3 is 0 Å². The first-order valence-corrected chi connectivity index (χ1v) is 17.7. The molecule has 258 valence electrons. The van der Waals surface area contributed by atoms with Gasteiger partial charge in [-0.15, -0.1) is 0 Å². The van der Waals surface area contributed by atoms with Crippen molar-refractivity contribution < 1.29 is 14.6 Å². The summed E-state index contributed by atoms with van der Waals surface area (Å²) in [5.74, 6) is -0.0230. The van der Waals surface area contributed by atoms with E-state index < -0.39 is 0 Å². The van der Waals surface area contributed by atoms with Crippen LogP contribution in [0.1, 0.15) is 67.4 Å². The maximum absolute atomic E-state index is 13.3. The molecule has 10 heteroatoms. The van der Waals surface area contributed by atoms with Gasteiger partial charge in [-0.05, 0) is 72.6 Å². The third kappa shape index (κ3) is 7.08. The number of ether oxygens (including phenoxy) is 1. The highest BCUT2D eigenvalue weighted by atomic mass is 16.5. The van der Waals surface area contributed by atoms with Crippen molar-refractivity contribution in [3.05, 3.63) is 83.8 Å². The number of nitrogens with zero attached hydrogens (tertiary/aromatic N) is 5. The molecule has 2 aliphatic heterocycles. The van der Waals surface area contributed by atoms with Crippen molar-refractivity contribution in [3.63, 3.8) is 0 Å². The number of amides is 1. The fraction of sp³-hybridized carbons (Fsp3) is 0.462. The minimum atomic E-state index is -0.232. The molecule has 2 aromatic carbocycles. The maximum atomic E-state index is 13.3. The predicted molar refractivity (Wildman–Crippen MR) is 193 cm³/mol. The van der Waals surface area contributed by atoms with E-state index >= 15 is 0 Å². The molecule has 4 N–H and O–H groups in total.